The van der Waals surface area contributed by atoms with Gasteiger partial charge in [0.25, 0.3) is 0 Å². The molecule has 0 saturated carbocycles. The van der Waals surface area contributed by atoms with Crippen LogP contribution in [0.2, 0.25) is 0 Å². The molecule has 1 amide bonds. The fraction of sp³-hybridized carbons (Fsp3) is 0.789. The molecule has 85 heavy (non-hydrogen) atoms. The van der Waals surface area contributed by atoms with Crippen molar-refractivity contribution in [2.45, 2.75) is 338 Å². The van der Waals surface area contributed by atoms with Crippen molar-refractivity contribution in [2.75, 3.05) is 19.8 Å². The van der Waals surface area contributed by atoms with Gasteiger partial charge in [-0.05, 0) is 70.6 Å². The third kappa shape index (κ3) is 39.7. The summed E-state index contributed by atoms with van der Waals surface area (Å²) in [4.78, 5) is 13.3. The molecule has 0 aromatic rings. The van der Waals surface area contributed by atoms with Crippen LogP contribution in [0.5, 0.6) is 0 Å². The number of allylic oxidation sites excluding steroid dienone is 14. The molecule has 2 aliphatic rings. The maximum Gasteiger partial charge on any atom is 0.220 e. The third-order valence-corrected chi connectivity index (χ3v) is 16.4. The molecule has 2 rings (SSSR count). The van der Waals surface area contributed by atoms with Crippen LogP contribution in [0.15, 0.2) is 85.1 Å². The molecule has 2 saturated heterocycles. The van der Waals surface area contributed by atoms with Gasteiger partial charge in [-0.25, -0.2) is 0 Å². The highest BCUT2D eigenvalue weighted by Gasteiger charge is 2.51. The molecule has 0 aromatic heterocycles. The van der Waals surface area contributed by atoms with Gasteiger partial charge in [-0.2, -0.15) is 0 Å². The van der Waals surface area contributed by atoms with Crippen LogP contribution in [0, 0.1) is 0 Å². The number of carbonyl (C=O) groups is 1. The predicted octanol–water partition coefficient (Wildman–Crippen LogP) is 13.6. The molecule has 12 unspecified atom stereocenters. The molecule has 0 spiro atoms. The quantitative estimate of drug-likeness (QED) is 0.0204. The Kier molecular flexibility index (Phi) is 50.9. The first-order valence-corrected chi connectivity index (χ1v) is 34.3. The number of nitrogens with one attached hydrogen (secondary N) is 1. The van der Waals surface area contributed by atoms with E-state index in [2.05, 4.69) is 104 Å². The van der Waals surface area contributed by atoms with Crippen molar-refractivity contribution in [3.05, 3.63) is 85.1 Å². The zero-order valence-electron chi connectivity index (χ0n) is 53.3. The van der Waals surface area contributed by atoms with Crippen molar-refractivity contribution in [2.24, 2.45) is 0 Å². The summed E-state index contributed by atoms with van der Waals surface area (Å²) in [6.45, 7) is 2.74. The first kappa shape index (κ1) is 78.3. The summed E-state index contributed by atoms with van der Waals surface area (Å²) in [6.07, 6.45) is 59.0. The Balaban J connectivity index is 1.56. The number of carbonyl (C=O) groups excluding carboxylic acids is 1. The standard InChI is InChI=1S/C71H125NO13/c1-3-5-7-9-11-13-15-17-18-19-20-21-22-23-24-25-26-27-28-29-30-31-32-33-34-35-36-37-38-39-40-41-42-43-45-47-49-51-53-55-63(76)72-59(60(75)54-52-50-48-46-44-16-14-12-10-8-6-4-2)58-82-70-68(81)66(79)69(62(57-74)84-70)85-71-67(80)65(78)64(77)61(56-73)83-71/h5,7,11,13,17-18,20-21,23-24,26-27,29-30,59-62,64-71,73-75,77-81H,3-4,6,8-10,12,14-16,19,22,25,28,31-58H2,1-2H3,(H,72,76)/b7-5-,13-11-,18-17-,21-20-,24-23-,27-26-,30-29-. The van der Waals surface area contributed by atoms with Gasteiger partial charge < -0.3 is 65.1 Å². The summed E-state index contributed by atoms with van der Waals surface area (Å²) < 4.78 is 22.8. The lowest BCUT2D eigenvalue weighted by Gasteiger charge is -2.46. The summed E-state index contributed by atoms with van der Waals surface area (Å²) in [5.41, 5.74) is 0. The van der Waals surface area contributed by atoms with Gasteiger partial charge >= 0.3 is 0 Å². The number of hydrogen-bond acceptors (Lipinski definition) is 13. The summed E-state index contributed by atoms with van der Waals surface area (Å²) in [7, 11) is 0. The minimum atomic E-state index is -1.78. The van der Waals surface area contributed by atoms with E-state index in [1.54, 1.807) is 0 Å². The van der Waals surface area contributed by atoms with Crippen LogP contribution in [0.25, 0.3) is 0 Å². The van der Waals surface area contributed by atoms with E-state index in [1.807, 2.05) is 0 Å². The van der Waals surface area contributed by atoms with E-state index < -0.39 is 86.8 Å². The molecule has 14 heteroatoms. The van der Waals surface area contributed by atoms with Crippen LogP contribution >= 0.6 is 0 Å². The van der Waals surface area contributed by atoms with Gasteiger partial charge in [0.2, 0.25) is 5.91 Å². The minimum Gasteiger partial charge on any atom is -0.394 e. The molecule has 2 heterocycles. The predicted molar refractivity (Wildman–Crippen MR) is 346 cm³/mol. The Morgan fingerprint density at radius 3 is 1.25 bits per heavy atom. The fourth-order valence-corrected chi connectivity index (χ4v) is 10.9. The highest BCUT2D eigenvalue weighted by Crippen LogP contribution is 2.30. The highest BCUT2D eigenvalue weighted by molar-refractivity contribution is 5.76. The average molecular weight is 1200 g/mol. The van der Waals surface area contributed by atoms with Crippen molar-refractivity contribution in [1.29, 1.82) is 0 Å². The molecule has 0 bridgehead atoms. The lowest BCUT2D eigenvalue weighted by atomic mass is 9.97. The maximum absolute atomic E-state index is 13.3. The van der Waals surface area contributed by atoms with Crippen molar-refractivity contribution < 1.29 is 64.6 Å². The van der Waals surface area contributed by atoms with E-state index in [-0.39, 0.29) is 12.5 Å². The van der Waals surface area contributed by atoms with E-state index >= 15 is 0 Å². The molecular formula is C71H125NO13. The highest BCUT2D eigenvalue weighted by atomic mass is 16.7. The van der Waals surface area contributed by atoms with Crippen LogP contribution < -0.4 is 5.32 Å². The fourth-order valence-electron chi connectivity index (χ4n) is 10.9. The van der Waals surface area contributed by atoms with Gasteiger partial charge in [0.1, 0.15) is 48.8 Å². The van der Waals surface area contributed by atoms with Gasteiger partial charge in [-0.1, -0.05) is 272 Å². The minimum absolute atomic E-state index is 0.207. The summed E-state index contributed by atoms with van der Waals surface area (Å²) >= 11 is 0. The van der Waals surface area contributed by atoms with Crippen LogP contribution in [-0.2, 0) is 23.7 Å². The van der Waals surface area contributed by atoms with Gasteiger partial charge in [0, 0.05) is 6.42 Å². The Morgan fingerprint density at radius 1 is 0.435 bits per heavy atom. The van der Waals surface area contributed by atoms with Crippen molar-refractivity contribution in [3.63, 3.8) is 0 Å². The second-order valence-corrected chi connectivity index (χ2v) is 23.9. The number of amides is 1. The number of unbranched alkanes of at least 4 members (excludes halogenated alkanes) is 28. The second-order valence-electron chi connectivity index (χ2n) is 23.9. The SMILES string of the molecule is CC/C=C\C/C=C\C/C=C\C/C=C\C/C=C\C/C=C\C/C=C\CCCCCCCCCCCCCCCCCCCC(=O)NC(COC1OC(CO)C(OC2OC(CO)C(O)C(O)C2O)C(O)C1O)C(O)CCCCCCCCCCCCCC. The second kappa shape index (κ2) is 55.3. The number of hydrogen-bond donors (Lipinski definition) is 9. The lowest BCUT2D eigenvalue weighted by molar-refractivity contribution is -0.359. The Bertz CT molecular complexity index is 1750. The van der Waals surface area contributed by atoms with E-state index in [1.165, 1.54) is 141 Å². The van der Waals surface area contributed by atoms with E-state index in [0.717, 1.165) is 96.3 Å². The van der Waals surface area contributed by atoms with E-state index in [4.69, 9.17) is 18.9 Å². The molecule has 0 radical (unpaired) electrons. The average Bonchev–Trinajstić information content (AvgIpc) is 3.60. The summed E-state index contributed by atoms with van der Waals surface area (Å²) in [5, 5.41) is 87.3. The van der Waals surface area contributed by atoms with E-state index in [0.29, 0.717) is 12.8 Å². The largest absolute Gasteiger partial charge is 0.394 e. The molecule has 492 valence electrons. The van der Waals surface area contributed by atoms with Crippen molar-refractivity contribution in [3.8, 4) is 0 Å². The molecule has 2 aliphatic heterocycles. The smallest absolute Gasteiger partial charge is 0.220 e. The Morgan fingerprint density at radius 2 is 0.812 bits per heavy atom. The van der Waals surface area contributed by atoms with Gasteiger partial charge in [0.15, 0.2) is 12.6 Å². The van der Waals surface area contributed by atoms with Crippen molar-refractivity contribution in [1.82, 2.24) is 5.32 Å². The van der Waals surface area contributed by atoms with Gasteiger partial charge in [-0.3, -0.25) is 4.79 Å². The van der Waals surface area contributed by atoms with Crippen LogP contribution in [-0.4, -0.2) is 140 Å². The molecule has 0 aliphatic carbocycles. The number of aliphatic hydroxyl groups excluding tert-OH is 8. The third-order valence-electron chi connectivity index (χ3n) is 16.4. The molecule has 0 aromatic carbocycles. The first-order chi connectivity index (χ1) is 41.6. The monoisotopic (exact) mass is 1200 g/mol. The maximum atomic E-state index is 13.3. The molecule has 2 fully saturated rings. The topological polar surface area (TPSA) is 228 Å². The van der Waals surface area contributed by atoms with Crippen LogP contribution in [0.1, 0.15) is 264 Å². The van der Waals surface area contributed by atoms with E-state index in [9.17, 15) is 45.6 Å². The zero-order chi connectivity index (χ0) is 61.6. The number of rotatable bonds is 55. The molecule has 14 nitrogen and oxygen atoms in total. The number of ether oxygens (including phenoxy) is 4. The van der Waals surface area contributed by atoms with Crippen LogP contribution in [0.3, 0.4) is 0 Å². The van der Waals surface area contributed by atoms with Gasteiger partial charge in [0.05, 0.1) is 32.0 Å². The molecule has 12 atom stereocenters. The molecular weight excluding hydrogens is 1070 g/mol. The van der Waals surface area contributed by atoms with Crippen molar-refractivity contribution >= 4 is 5.91 Å². The lowest BCUT2D eigenvalue weighted by Crippen LogP contribution is -2.65. The zero-order valence-corrected chi connectivity index (χ0v) is 53.3. The summed E-state index contributed by atoms with van der Waals surface area (Å²) in [5.74, 6) is -0.207. The number of aliphatic hydroxyl groups is 8. The Labute approximate surface area is 516 Å². The summed E-state index contributed by atoms with van der Waals surface area (Å²) in [6, 6.07) is -0.830. The normalized spacial score (nSPS) is 24.1. The Hall–Kier alpha value is -2.83. The first-order valence-electron chi connectivity index (χ1n) is 34.3. The van der Waals surface area contributed by atoms with Crippen LogP contribution in [0.4, 0.5) is 0 Å². The molecule has 9 N–H and O–H groups in total. The van der Waals surface area contributed by atoms with Gasteiger partial charge in [-0.15, -0.1) is 0 Å².